The van der Waals surface area contributed by atoms with Gasteiger partial charge in [0.15, 0.2) is 0 Å². The van der Waals surface area contributed by atoms with E-state index in [9.17, 15) is 27.2 Å². The van der Waals surface area contributed by atoms with Gasteiger partial charge in [-0.25, -0.2) is 9.37 Å². The van der Waals surface area contributed by atoms with Crippen LogP contribution in [-0.4, -0.2) is 41.1 Å². The molecule has 12 heteroatoms. The van der Waals surface area contributed by atoms with Gasteiger partial charge in [-0.15, -0.1) is 0 Å². The molecule has 36 heavy (non-hydrogen) atoms. The summed E-state index contributed by atoms with van der Waals surface area (Å²) in [6.45, 7) is 0.321. The number of hydrogen-bond donors (Lipinski definition) is 2. The van der Waals surface area contributed by atoms with Gasteiger partial charge in [-0.05, 0) is 35.9 Å². The normalized spacial score (nSPS) is 13.3. The zero-order valence-corrected chi connectivity index (χ0v) is 19.6. The van der Waals surface area contributed by atoms with Crippen molar-refractivity contribution in [3.05, 3.63) is 86.6 Å². The minimum Gasteiger partial charge on any atom is -0.399 e. The van der Waals surface area contributed by atoms with E-state index < -0.39 is 29.0 Å². The first-order valence-electron chi connectivity index (χ1n) is 11.0. The highest BCUT2D eigenvalue weighted by molar-refractivity contribution is 5.95. The lowest BCUT2D eigenvalue weighted by Crippen LogP contribution is -2.45. The van der Waals surface area contributed by atoms with Crippen molar-refractivity contribution >= 4 is 17.5 Å². The van der Waals surface area contributed by atoms with Crippen molar-refractivity contribution in [3.63, 3.8) is 0 Å². The second-order valence-electron chi connectivity index (χ2n) is 8.59. The average Bonchev–Trinajstić information content (AvgIpc) is 2.81. The zero-order valence-electron chi connectivity index (χ0n) is 19.6. The molecule has 1 aliphatic heterocycles. The number of carbonyl (C=O) groups excluding carboxylic acids is 1. The molecule has 1 aromatic heterocycles. The number of hydrogen-bond acceptors (Lipinski definition) is 6. The molecule has 3 aromatic rings. The van der Waals surface area contributed by atoms with E-state index in [2.05, 4.69) is 10.3 Å². The van der Waals surface area contributed by atoms with Gasteiger partial charge in [0.1, 0.15) is 5.82 Å². The van der Waals surface area contributed by atoms with Crippen LogP contribution in [0.4, 0.5) is 29.2 Å². The lowest BCUT2D eigenvalue weighted by atomic mass is 10.1. The van der Waals surface area contributed by atoms with Crippen molar-refractivity contribution in [3.8, 4) is 0 Å². The summed E-state index contributed by atoms with van der Waals surface area (Å²) in [5, 5.41) is 4.52. The highest BCUT2D eigenvalue weighted by Gasteiger charge is 2.30. The molecule has 0 bridgehead atoms. The van der Waals surface area contributed by atoms with Crippen LogP contribution >= 0.6 is 0 Å². The van der Waals surface area contributed by atoms with Crippen molar-refractivity contribution in [1.29, 1.82) is 0 Å². The Labute approximate surface area is 203 Å². The molecule has 0 unspecified atom stereocenters. The van der Waals surface area contributed by atoms with Gasteiger partial charge in [0, 0.05) is 39.3 Å². The van der Waals surface area contributed by atoms with Crippen molar-refractivity contribution in [2.45, 2.75) is 25.7 Å². The van der Waals surface area contributed by atoms with Gasteiger partial charge < -0.3 is 21.0 Å². The monoisotopic (exact) mass is 504 g/mol. The van der Waals surface area contributed by atoms with Crippen molar-refractivity contribution < 1.29 is 22.4 Å². The number of aromatic nitrogens is 2. The van der Waals surface area contributed by atoms with Gasteiger partial charge >= 0.3 is 6.18 Å². The maximum Gasteiger partial charge on any atom is 0.416 e. The number of carbonyl (C=O) groups is 1. The van der Waals surface area contributed by atoms with Crippen LogP contribution in [0.25, 0.3) is 0 Å². The number of benzene rings is 2. The number of fused-ring (bicyclic) bond motifs is 1. The summed E-state index contributed by atoms with van der Waals surface area (Å²) in [5.41, 5.74) is 5.84. The van der Waals surface area contributed by atoms with Crippen LogP contribution in [0.3, 0.4) is 0 Å². The van der Waals surface area contributed by atoms with Gasteiger partial charge in [-0.3, -0.25) is 9.59 Å². The first kappa shape index (κ1) is 25.0. The van der Waals surface area contributed by atoms with Crippen molar-refractivity contribution in [2.24, 2.45) is 0 Å². The molecule has 3 N–H and O–H groups in total. The van der Waals surface area contributed by atoms with Crippen LogP contribution in [-0.2, 0) is 25.7 Å². The Morgan fingerprint density at radius 3 is 2.47 bits per heavy atom. The van der Waals surface area contributed by atoms with Crippen LogP contribution in [0.1, 0.15) is 32.7 Å². The number of anilines is 2. The Morgan fingerprint density at radius 1 is 1.17 bits per heavy atom. The second kappa shape index (κ2) is 9.51. The number of nitrogens with two attached hydrogens (primary N) is 1. The van der Waals surface area contributed by atoms with E-state index in [0.717, 1.165) is 18.2 Å². The van der Waals surface area contributed by atoms with Crippen molar-refractivity contribution in [2.75, 3.05) is 36.7 Å². The summed E-state index contributed by atoms with van der Waals surface area (Å²) in [4.78, 5) is 32.2. The number of amides is 1. The maximum atomic E-state index is 14.3. The van der Waals surface area contributed by atoms with E-state index in [1.807, 2.05) is 0 Å². The molecule has 2 aromatic carbocycles. The molecule has 0 saturated heterocycles. The fourth-order valence-corrected chi connectivity index (χ4v) is 3.99. The Morgan fingerprint density at radius 2 is 1.86 bits per heavy atom. The zero-order chi connectivity index (χ0) is 26.2. The number of nitrogens with one attached hydrogen (secondary N) is 1. The number of halogens is 4. The summed E-state index contributed by atoms with van der Waals surface area (Å²) in [6.07, 6.45) is -4.15. The highest BCUT2D eigenvalue weighted by Crippen LogP contribution is 2.29. The summed E-state index contributed by atoms with van der Waals surface area (Å²) < 4.78 is 54.0. The molecular weight excluding hydrogens is 480 g/mol. The molecule has 0 saturated carbocycles. The Bertz CT molecular complexity index is 1350. The quantitative estimate of drug-likeness (QED) is 0.410. The van der Waals surface area contributed by atoms with Crippen molar-refractivity contribution in [1.82, 2.24) is 14.6 Å². The summed E-state index contributed by atoms with van der Waals surface area (Å²) in [7, 11) is 3.27. The van der Waals surface area contributed by atoms with Crippen LogP contribution in [0.5, 0.6) is 0 Å². The average molecular weight is 504 g/mol. The molecule has 0 aliphatic carbocycles. The molecule has 2 heterocycles. The fourth-order valence-electron chi connectivity index (χ4n) is 3.99. The van der Waals surface area contributed by atoms with Gasteiger partial charge in [-0.2, -0.15) is 17.8 Å². The number of nitrogen functional groups attached to an aromatic ring is 1. The SMILES string of the molecule is CN(C)n1c(NCc2ccc(C(F)(F)F)cc2)nc2c(c1=O)CN(C(=O)c1ccc(N)cc1F)CC2. The van der Waals surface area contributed by atoms with Gasteiger partial charge in [0.05, 0.1) is 28.9 Å². The lowest BCUT2D eigenvalue weighted by Gasteiger charge is -2.30. The Hall–Kier alpha value is -4.09. The van der Waals surface area contributed by atoms with E-state index in [1.54, 1.807) is 14.1 Å². The summed E-state index contributed by atoms with van der Waals surface area (Å²) in [6, 6.07) is 8.51. The number of rotatable bonds is 5. The third-order valence-corrected chi connectivity index (χ3v) is 5.85. The van der Waals surface area contributed by atoms with Gasteiger partial charge in [-0.1, -0.05) is 12.1 Å². The molecule has 0 spiro atoms. The Kier molecular flexibility index (Phi) is 6.61. The Balaban J connectivity index is 1.58. The van der Waals surface area contributed by atoms with Crippen LogP contribution in [0, 0.1) is 5.82 Å². The van der Waals surface area contributed by atoms with Gasteiger partial charge in [0.25, 0.3) is 11.5 Å². The third-order valence-electron chi connectivity index (χ3n) is 5.85. The van der Waals surface area contributed by atoms with E-state index >= 15 is 0 Å². The van der Waals surface area contributed by atoms with E-state index in [-0.39, 0.29) is 43.3 Å². The van der Waals surface area contributed by atoms with Gasteiger partial charge in [0.2, 0.25) is 5.95 Å². The molecule has 0 radical (unpaired) electrons. The minimum absolute atomic E-state index is 0.0448. The number of alkyl halides is 3. The topological polar surface area (TPSA) is 96.5 Å². The molecule has 1 amide bonds. The summed E-state index contributed by atoms with van der Waals surface area (Å²) in [5.74, 6) is -1.08. The molecule has 4 rings (SSSR count). The highest BCUT2D eigenvalue weighted by atomic mass is 19.4. The standard InChI is InChI=1S/C24H24F4N6O2/c1-32(2)34-22(36)18-13-33(21(35)17-8-7-16(29)11-19(17)25)10-9-20(18)31-23(34)30-12-14-3-5-15(6-4-14)24(26,27)28/h3-8,11H,9-10,12-13,29H2,1-2H3,(H,30,31). The fraction of sp³-hybridized carbons (Fsp3) is 0.292. The summed E-state index contributed by atoms with van der Waals surface area (Å²) >= 11 is 0. The molecule has 0 atom stereocenters. The lowest BCUT2D eigenvalue weighted by molar-refractivity contribution is -0.137. The largest absolute Gasteiger partial charge is 0.416 e. The molecule has 8 nitrogen and oxygen atoms in total. The smallest absolute Gasteiger partial charge is 0.399 e. The second-order valence-corrected chi connectivity index (χ2v) is 8.59. The number of nitrogens with zero attached hydrogens (tertiary/aromatic N) is 4. The van der Waals surface area contributed by atoms with E-state index in [4.69, 9.17) is 5.73 Å². The molecule has 190 valence electrons. The molecular formula is C24H24F4N6O2. The molecule has 1 aliphatic rings. The third kappa shape index (κ3) is 4.97. The van der Waals surface area contributed by atoms with Crippen LogP contribution in [0.15, 0.2) is 47.3 Å². The predicted molar refractivity (Wildman–Crippen MR) is 127 cm³/mol. The first-order valence-corrected chi connectivity index (χ1v) is 11.0. The van der Waals surface area contributed by atoms with E-state index in [0.29, 0.717) is 16.8 Å². The molecule has 0 fully saturated rings. The van der Waals surface area contributed by atoms with Crippen LogP contribution in [0.2, 0.25) is 0 Å². The minimum atomic E-state index is -4.42. The van der Waals surface area contributed by atoms with Crippen LogP contribution < -0.4 is 21.6 Å². The van der Waals surface area contributed by atoms with E-state index in [1.165, 1.54) is 38.9 Å². The predicted octanol–water partition coefficient (Wildman–Crippen LogP) is 2.99. The maximum absolute atomic E-state index is 14.3. The first-order chi connectivity index (χ1) is 17.0.